The quantitative estimate of drug-likeness (QED) is 0.369. The molecule has 3 unspecified atom stereocenters. The van der Waals surface area contributed by atoms with Crippen LogP contribution in [0.15, 0.2) is 24.3 Å². The maximum atomic E-state index is 14.1. The van der Waals surface area contributed by atoms with Gasteiger partial charge in [0.15, 0.2) is 0 Å². The molecule has 2 aliphatic heterocycles. The maximum absolute atomic E-state index is 14.1. The Hall–Kier alpha value is -3.96. The smallest absolute Gasteiger partial charge is 0.256 e. The number of nitrogens with zero attached hydrogens (tertiary/aromatic N) is 2. The number of para-hydroxylation sites is 1. The molecule has 0 bridgehead atoms. The summed E-state index contributed by atoms with van der Waals surface area (Å²) >= 11 is 0. The Labute approximate surface area is 279 Å². The summed E-state index contributed by atoms with van der Waals surface area (Å²) in [4.78, 5) is 85.8. The number of benzene rings is 1. The minimum atomic E-state index is -1.01. The molecule has 1 aromatic rings. The van der Waals surface area contributed by atoms with E-state index in [2.05, 4.69) is 21.3 Å². The van der Waals surface area contributed by atoms with Crippen LogP contribution in [0.25, 0.3) is 0 Å². The lowest BCUT2D eigenvalue weighted by atomic mass is 9.96. The minimum absolute atomic E-state index is 0.0277. The van der Waals surface area contributed by atoms with Crippen molar-refractivity contribution in [3.05, 3.63) is 29.8 Å². The van der Waals surface area contributed by atoms with E-state index in [4.69, 9.17) is 0 Å². The van der Waals surface area contributed by atoms with Gasteiger partial charge in [-0.15, -0.1) is 0 Å². The van der Waals surface area contributed by atoms with Gasteiger partial charge >= 0.3 is 0 Å². The number of carbonyl (C=O) groups is 6. The van der Waals surface area contributed by atoms with Crippen LogP contribution in [-0.4, -0.2) is 89.0 Å². The Bertz CT molecular complexity index is 1310. The van der Waals surface area contributed by atoms with Crippen LogP contribution >= 0.6 is 0 Å². The number of nitrogens with one attached hydrogen (secondary N) is 4. The summed E-state index contributed by atoms with van der Waals surface area (Å²) in [7, 11) is 1.56. The molecule has 12 heteroatoms. The van der Waals surface area contributed by atoms with Gasteiger partial charge < -0.3 is 31.1 Å². The molecule has 1 aromatic carbocycles. The van der Waals surface area contributed by atoms with Crippen molar-refractivity contribution in [3.63, 3.8) is 0 Å². The zero-order valence-electron chi connectivity index (χ0n) is 29.2. The number of hydrogen-bond acceptors (Lipinski definition) is 6. The zero-order valence-corrected chi connectivity index (χ0v) is 29.2. The molecule has 12 nitrogen and oxygen atoms in total. The van der Waals surface area contributed by atoms with Crippen molar-refractivity contribution < 1.29 is 28.8 Å². The molecular weight excluding hydrogens is 600 g/mol. The molecule has 47 heavy (non-hydrogen) atoms. The molecule has 0 spiro atoms. The van der Waals surface area contributed by atoms with E-state index in [0.717, 1.165) is 6.42 Å². The van der Waals surface area contributed by atoms with Gasteiger partial charge in [0.1, 0.15) is 30.2 Å². The van der Waals surface area contributed by atoms with Gasteiger partial charge in [0.2, 0.25) is 29.5 Å². The summed E-state index contributed by atoms with van der Waals surface area (Å²) in [6, 6.07) is 2.00. The lowest BCUT2D eigenvalue weighted by molar-refractivity contribution is -0.144. The first-order chi connectivity index (χ1) is 22.2. The lowest BCUT2D eigenvalue weighted by Crippen LogP contribution is -2.59. The molecule has 2 heterocycles. The SMILES string of the molecule is CCC(C)C1NC(=O)C(CC(C)C)NC(=O)[C@@H](C)NC(=O)[C@H](CC(C)C)N(C)C(=O)[C@@H]2CCCCN2C(=O)c2ccccc2NC1=O. The predicted molar refractivity (Wildman–Crippen MR) is 180 cm³/mol. The first-order valence-electron chi connectivity index (χ1n) is 17.0. The van der Waals surface area contributed by atoms with Crippen LogP contribution in [0.5, 0.6) is 0 Å². The highest BCUT2D eigenvalue weighted by atomic mass is 16.2. The van der Waals surface area contributed by atoms with Gasteiger partial charge in [-0.1, -0.05) is 60.1 Å². The molecule has 0 radical (unpaired) electrons. The summed E-state index contributed by atoms with van der Waals surface area (Å²) in [6.45, 7) is 13.4. The molecule has 0 aliphatic carbocycles. The molecular formula is C35H54N6O6. The van der Waals surface area contributed by atoms with E-state index in [-0.39, 0.29) is 34.9 Å². The highest BCUT2D eigenvalue weighted by Crippen LogP contribution is 2.26. The standard InChI is InChI=1S/C35H54N6O6/c1-9-22(6)29-33(45)37-25-15-11-10-14-24(25)34(46)41-17-13-12-16-27(41)35(47)40(8)28(19-21(4)5)32(44)36-23(7)30(42)38-26(18-20(2)3)31(43)39-29/h10-11,14-15,20-23,26-29H,9,12-13,16-19H2,1-8H3,(H,36,44)(H,37,45)(H,38,42)(H,39,43)/t22?,23-,26?,27+,28+,29?/m1/s1. The number of likely N-dealkylation sites (N-methyl/N-ethyl adjacent to an activating group) is 1. The average molecular weight is 655 g/mol. The van der Waals surface area contributed by atoms with Crippen LogP contribution in [-0.2, 0) is 24.0 Å². The largest absolute Gasteiger partial charge is 0.343 e. The van der Waals surface area contributed by atoms with Gasteiger partial charge in [-0.25, -0.2) is 0 Å². The number of fused-ring (bicyclic) bond motifs is 2. The van der Waals surface area contributed by atoms with E-state index >= 15 is 0 Å². The first-order valence-corrected chi connectivity index (χ1v) is 17.0. The monoisotopic (exact) mass is 654 g/mol. The van der Waals surface area contributed by atoms with Crippen molar-refractivity contribution >= 4 is 41.1 Å². The molecule has 6 amide bonds. The third-order valence-corrected chi connectivity index (χ3v) is 9.16. The van der Waals surface area contributed by atoms with E-state index in [1.165, 1.54) is 16.7 Å². The Kier molecular flexibility index (Phi) is 13.4. The van der Waals surface area contributed by atoms with Crippen LogP contribution in [0.3, 0.4) is 0 Å². The molecule has 4 N–H and O–H groups in total. The second kappa shape index (κ2) is 16.7. The third kappa shape index (κ3) is 9.54. The van der Waals surface area contributed by atoms with Gasteiger partial charge in [-0.2, -0.15) is 0 Å². The van der Waals surface area contributed by atoms with Crippen molar-refractivity contribution in [1.29, 1.82) is 0 Å². The van der Waals surface area contributed by atoms with E-state index in [9.17, 15) is 28.8 Å². The summed E-state index contributed by atoms with van der Waals surface area (Å²) < 4.78 is 0. The van der Waals surface area contributed by atoms with Crippen LogP contribution in [0, 0.1) is 17.8 Å². The number of amides is 6. The van der Waals surface area contributed by atoms with Crippen molar-refractivity contribution in [3.8, 4) is 0 Å². The zero-order chi connectivity index (χ0) is 35.0. The summed E-state index contributed by atoms with van der Waals surface area (Å²) in [5.74, 6) is -3.04. The van der Waals surface area contributed by atoms with E-state index in [1.54, 1.807) is 31.3 Å². The van der Waals surface area contributed by atoms with E-state index in [1.807, 2.05) is 41.5 Å². The number of hydrogen-bond donors (Lipinski definition) is 4. The van der Waals surface area contributed by atoms with Crippen LogP contribution < -0.4 is 21.3 Å². The van der Waals surface area contributed by atoms with Gasteiger partial charge in [-0.3, -0.25) is 28.8 Å². The molecule has 1 saturated heterocycles. The van der Waals surface area contributed by atoms with E-state index < -0.39 is 59.7 Å². The average Bonchev–Trinajstić information content (AvgIpc) is 3.03. The summed E-state index contributed by atoms with van der Waals surface area (Å²) in [6.07, 6.45) is 3.08. The second-order valence-electron chi connectivity index (χ2n) is 13.9. The molecule has 1 fully saturated rings. The molecule has 0 saturated carbocycles. The fraction of sp³-hybridized carbons (Fsp3) is 0.657. The molecule has 0 aromatic heterocycles. The predicted octanol–water partition coefficient (Wildman–Crippen LogP) is 3.07. The topological polar surface area (TPSA) is 157 Å². The van der Waals surface area contributed by atoms with Gasteiger partial charge in [0, 0.05) is 13.6 Å². The molecule has 6 atom stereocenters. The van der Waals surface area contributed by atoms with Crippen LogP contribution in [0.1, 0.15) is 97.3 Å². The van der Waals surface area contributed by atoms with Crippen molar-refractivity contribution in [1.82, 2.24) is 25.8 Å². The second-order valence-corrected chi connectivity index (χ2v) is 13.9. The summed E-state index contributed by atoms with van der Waals surface area (Å²) in [5.41, 5.74) is 0.497. The number of piperidine rings is 1. The van der Waals surface area contributed by atoms with Crippen molar-refractivity contribution in [2.24, 2.45) is 17.8 Å². The van der Waals surface area contributed by atoms with Gasteiger partial charge in [0.25, 0.3) is 5.91 Å². The summed E-state index contributed by atoms with van der Waals surface area (Å²) in [5, 5.41) is 11.3. The third-order valence-electron chi connectivity index (χ3n) is 9.16. The Morgan fingerprint density at radius 2 is 1.47 bits per heavy atom. The lowest BCUT2D eigenvalue weighted by Gasteiger charge is -2.39. The normalized spacial score (nSPS) is 26.3. The number of rotatable bonds is 6. The minimum Gasteiger partial charge on any atom is -0.343 e. The number of carbonyl (C=O) groups excluding carboxylic acids is 6. The Balaban J connectivity index is 2.13. The van der Waals surface area contributed by atoms with Crippen molar-refractivity contribution in [2.75, 3.05) is 18.9 Å². The van der Waals surface area contributed by atoms with Crippen LogP contribution in [0.2, 0.25) is 0 Å². The Morgan fingerprint density at radius 3 is 2.11 bits per heavy atom. The van der Waals surface area contributed by atoms with E-state index in [0.29, 0.717) is 38.6 Å². The maximum Gasteiger partial charge on any atom is 0.256 e. The first kappa shape index (κ1) is 37.5. The van der Waals surface area contributed by atoms with Crippen LogP contribution in [0.4, 0.5) is 5.69 Å². The molecule has 260 valence electrons. The van der Waals surface area contributed by atoms with Gasteiger partial charge in [0.05, 0.1) is 11.3 Å². The highest BCUT2D eigenvalue weighted by Gasteiger charge is 2.40. The number of anilines is 1. The highest BCUT2D eigenvalue weighted by molar-refractivity contribution is 6.07. The van der Waals surface area contributed by atoms with Crippen molar-refractivity contribution in [2.45, 2.75) is 117 Å². The van der Waals surface area contributed by atoms with Gasteiger partial charge in [-0.05, 0) is 68.9 Å². The molecule has 3 rings (SSSR count). The fourth-order valence-corrected chi connectivity index (χ4v) is 6.18. The molecule has 2 aliphatic rings. The Morgan fingerprint density at radius 1 is 0.809 bits per heavy atom. The fourth-order valence-electron chi connectivity index (χ4n) is 6.18.